The molecule has 0 aliphatic rings. The molecular formula is CH3N2O3P. The molecule has 0 saturated heterocycles. The van der Waals surface area contributed by atoms with E-state index < -0.39 is 7.60 Å². The lowest BCUT2D eigenvalue weighted by Crippen LogP contribution is -1.92. The molecule has 0 aromatic carbocycles. The molecule has 0 heterocycles. The van der Waals surface area contributed by atoms with Gasteiger partial charge in [0.15, 0.2) is 5.81 Å². The predicted octanol–water partition coefficient (Wildman–Crippen LogP) is -0.457. The molecular weight excluding hydrogens is 119 g/mol. The molecule has 0 aliphatic carbocycles. The second-order valence-electron chi connectivity index (χ2n) is 0.726. The summed E-state index contributed by atoms with van der Waals surface area (Å²) in [6.45, 7) is 0. The van der Waals surface area contributed by atoms with Gasteiger partial charge in [0, 0.05) is 0 Å². The normalized spacial score (nSPS) is 17.3. The summed E-state index contributed by atoms with van der Waals surface area (Å²) in [4.78, 5) is 7.98. The summed E-state index contributed by atoms with van der Waals surface area (Å²) in [6.07, 6.45) is 0. The smallest absolute Gasteiger partial charge is 0.313 e. The van der Waals surface area contributed by atoms with Crippen molar-refractivity contribution in [3.05, 3.63) is 0 Å². The number of nitriles is 1. The summed E-state index contributed by atoms with van der Waals surface area (Å²) in [7, 11) is -4.07. The van der Waals surface area contributed by atoms with Crippen molar-refractivity contribution in [1.29, 1.82) is 5.26 Å². The first-order valence-corrected chi connectivity index (χ1v) is 2.83. The van der Waals surface area contributed by atoms with Crippen molar-refractivity contribution < 1.29 is 14.1 Å². The molecule has 0 spiro atoms. The molecule has 6 heteroatoms. The van der Waals surface area contributed by atoms with Crippen LogP contribution in [0.5, 0.6) is 0 Å². The Morgan fingerprint density at radius 3 is 2.43 bits per heavy atom. The fourth-order valence-electron chi connectivity index (χ4n) is 0.0236. The van der Waals surface area contributed by atoms with Crippen LogP contribution in [0.15, 0.2) is 0 Å². The minimum absolute atomic E-state index is 0.955. The molecule has 0 radical (unpaired) electrons. The molecule has 0 aromatic rings. The van der Waals surface area contributed by atoms with Gasteiger partial charge in [-0.2, -0.15) is 5.26 Å². The van der Waals surface area contributed by atoms with Gasteiger partial charge in [-0.05, 0) is 0 Å². The Kier molecular flexibility index (Phi) is 1.93. The van der Waals surface area contributed by atoms with Crippen LogP contribution in [-0.4, -0.2) is 4.89 Å². The van der Waals surface area contributed by atoms with Crippen LogP contribution in [0.4, 0.5) is 0 Å². The van der Waals surface area contributed by atoms with Crippen LogP contribution in [0, 0.1) is 11.1 Å². The Labute approximate surface area is 39.8 Å². The number of nitrogens with zero attached hydrogens (tertiary/aromatic N) is 1. The number of nitrogens with two attached hydrogens (primary N) is 1. The fraction of sp³-hybridized carbons (Fsp3) is 0. The van der Waals surface area contributed by atoms with Gasteiger partial charge in [0.25, 0.3) is 0 Å². The first-order chi connectivity index (χ1) is 3.12. The van der Waals surface area contributed by atoms with Crippen LogP contribution in [0.2, 0.25) is 0 Å². The monoisotopic (exact) mass is 122 g/mol. The van der Waals surface area contributed by atoms with E-state index in [4.69, 9.17) is 10.2 Å². The summed E-state index contributed by atoms with van der Waals surface area (Å²) in [6, 6.07) is 0. The molecule has 0 aromatic heterocycles. The molecule has 1 atom stereocenters. The van der Waals surface area contributed by atoms with Gasteiger partial charge in [-0.15, -0.1) is 0 Å². The maximum absolute atomic E-state index is 9.80. The lowest BCUT2D eigenvalue weighted by molar-refractivity contribution is 0.279. The highest BCUT2D eigenvalue weighted by Gasteiger charge is 2.14. The Morgan fingerprint density at radius 1 is 2.00 bits per heavy atom. The van der Waals surface area contributed by atoms with Gasteiger partial charge >= 0.3 is 7.60 Å². The highest BCUT2D eigenvalue weighted by atomic mass is 31.2. The lowest BCUT2D eigenvalue weighted by atomic mass is 11.8. The zero-order valence-corrected chi connectivity index (χ0v) is 4.13. The highest BCUT2D eigenvalue weighted by molar-refractivity contribution is 7.58. The van der Waals surface area contributed by atoms with E-state index in [1.54, 1.807) is 0 Å². The topological polar surface area (TPSA) is 96.3 Å². The van der Waals surface area contributed by atoms with Crippen molar-refractivity contribution in [3.63, 3.8) is 0 Å². The molecule has 40 valence electrons. The number of hydrogen-bond acceptors (Lipinski definition) is 4. The van der Waals surface area contributed by atoms with Crippen LogP contribution in [0.1, 0.15) is 0 Å². The molecule has 0 aliphatic heterocycles. The number of rotatable bonds is 1. The molecule has 1 unspecified atom stereocenters. The van der Waals surface area contributed by atoms with E-state index in [2.05, 4.69) is 10.5 Å². The van der Waals surface area contributed by atoms with E-state index >= 15 is 0 Å². The van der Waals surface area contributed by atoms with Gasteiger partial charge in [0.05, 0.1) is 0 Å². The summed E-state index contributed by atoms with van der Waals surface area (Å²) >= 11 is 0. The Hall–Kier alpha value is -0.400. The standard InChI is InChI=1S/CH3N2O3P/c2-1-7(4,5)6-3/h3H2,(H,4,5). The zero-order chi connectivity index (χ0) is 5.91. The molecule has 5 nitrogen and oxygen atoms in total. The summed E-state index contributed by atoms with van der Waals surface area (Å²) in [5.74, 6) is 5.14. The van der Waals surface area contributed by atoms with Gasteiger partial charge in [-0.25, -0.2) is 15.1 Å². The lowest BCUT2D eigenvalue weighted by Gasteiger charge is -1.91. The second-order valence-corrected chi connectivity index (χ2v) is 2.18. The first kappa shape index (κ1) is 6.60. The van der Waals surface area contributed by atoms with Gasteiger partial charge < -0.3 is 4.89 Å². The van der Waals surface area contributed by atoms with Crippen molar-refractivity contribution in [2.45, 2.75) is 0 Å². The van der Waals surface area contributed by atoms with Gasteiger partial charge in [-0.3, -0.25) is 0 Å². The van der Waals surface area contributed by atoms with E-state index in [9.17, 15) is 4.57 Å². The maximum Gasteiger partial charge on any atom is 0.445 e. The van der Waals surface area contributed by atoms with Crippen LogP contribution in [-0.2, 0) is 9.19 Å². The van der Waals surface area contributed by atoms with Gasteiger partial charge in [0.1, 0.15) is 0 Å². The Bertz CT molecular complexity index is 136. The van der Waals surface area contributed by atoms with Crippen molar-refractivity contribution in [2.24, 2.45) is 5.90 Å². The SMILES string of the molecule is N#CP(=O)(O)ON. The molecule has 0 amide bonds. The van der Waals surface area contributed by atoms with Gasteiger partial charge in [-0.1, -0.05) is 0 Å². The Balaban J connectivity index is 3.94. The minimum atomic E-state index is -4.07. The van der Waals surface area contributed by atoms with Crippen LogP contribution >= 0.6 is 7.60 Å². The number of hydrogen-bond donors (Lipinski definition) is 2. The van der Waals surface area contributed by atoms with E-state index in [-0.39, 0.29) is 0 Å². The molecule has 0 fully saturated rings. The Morgan fingerprint density at radius 2 is 2.43 bits per heavy atom. The van der Waals surface area contributed by atoms with Crippen molar-refractivity contribution in [2.75, 3.05) is 0 Å². The summed E-state index contributed by atoms with van der Waals surface area (Å²) in [5.41, 5.74) is 0. The third-order valence-corrected chi connectivity index (χ3v) is 0.808. The van der Waals surface area contributed by atoms with E-state index in [1.807, 2.05) is 0 Å². The van der Waals surface area contributed by atoms with Gasteiger partial charge in [0.2, 0.25) is 0 Å². The molecule has 7 heavy (non-hydrogen) atoms. The third kappa shape index (κ3) is 2.31. The molecule has 0 saturated carbocycles. The van der Waals surface area contributed by atoms with Crippen LogP contribution < -0.4 is 5.90 Å². The predicted molar refractivity (Wildman–Crippen MR) is 20.7 cm³/mol. The van der Waals surface area contributed by atoms with E-state index in [0.29, 0.717) is 0 Å². The highest BCUT2D eigenvalue weighted by Crippen LogP contribution is 2.36. The quantitative estimate of drug-likeness (QED) is 0.362. The molecule has 0 bridgehead atoms. The van der Waals surface area contributed by atoms with Crippen LogP contribution in [0.25, 0.3) is 0 Å². The van der Waals surface area contributed by atoms with Crippen molar-refractivity contribution in [3.8, 4) is 5.81 Å². The second kappa shape index (κ2) is 2.05. The average Bonchev–Trinajstić information content (AvgIpc) is 1.68. The third-order valence-electron chi connectivity index (χ3n) is 0.269. The fourth-order valence-corrected chi connectivity index (χ4v) is 0.0707. The summed E-state index contributed by atoms with van der Waals surface area (Å²) < 4.78 is 13.1. The summed E-state index contributed by atoms with van der Waals surface area (Å²) in [5, 5.41) is 7.63. The average molecular weight is 122 g/mol. The van der Waals surface area contributed by atoms with E-state index in [1.165, 1.54) is 0 Å². The molecule has 3 N–H and O–H groups in total. The molecule has 0 rings (SSSR count). The first-order valence-electron chi connectivity index (χ1n) is 1.25. The zero-order valence-electron chi connectivity index (χ0n) is 3.24. The van der Waals surface area contributed by atoms with Crippen molar-refractivity contribution in [1.82, 2.24) is 0 Å². The van der Waals surface area contributed by atoms with Crippen LogP contribution in [0.3, 0.4) is 0 Å². The van der Waals surface area contributed by atoms with Crippen molar-refractivity contribution >= 4 is 7.60 Å². The largest absolute Gasteiger partial charge is 0.445 e. The van der Waals surface area contributed by atoms with E-state index in [0.717, 1.165) is 5.81 Å². The maximum atomic E-state index is 9.80. The minimum Gasteiger partial charge on any atom is -0.313 e.